The van der Waals surface area contributed by atoms with Crippen molar-refractivity contribution in [3.05, 3.63) is 186 Å². The maximum atomic E-state index is 6.97. The minimum Gasteiger partial charge on any atom is -0.454 e. The molecule has 2 nitrogen and oxygen atoms in total. The highest BCUT2D eigenvalue weighted by atomic mass is 16.3. The first kappa shape index (κ1) is 28.2. The summed E-state index contributed by atoms with van der Waals surface area (Å²) < 4.78 is 6.97. The first-order chi connectivity index (χ1) is 23.9. The highest BCUT2D eigenvalue weighted by Gasteiger charge is 2.41. The third-order valence-corrected chi connectivity index (χ3v) is 11.4. The van der Waals surface area contributed by atoms with Crippen LogP contribution in [0.5, 0.6) is 0 Å². The summed E-state index contributed by atoms with van der Waals surface area (Å²) in [5.41, 5.74) is 16.6. The Labute approximate surface area is 286 Å². The minimum absolute atomic E-state index is 0.0976. The van der Waals surface area contributed by atoms with E-state index in [0.717, 1.165) is 39.0 Å². The summed E-state index contributed by atoms with van der Waals surface area (Å²) in [5.74, 6) is 0. The van der Waals surface area contributed by atoms with E-state index in [4.69, 9.17) is 4.42 Å². The van der Waals surface area contributed by atoms with Gasteiger partial charge in [-0.2, -0.15) is 0 Å². The number of para-hydroxylation sites is 2. The molecule has 0 bridgehead atoms. The molecule has 0 aliphatic heterocycles. The molecule has 0 saturated carbocycles. The molecular formula is C47H35NO. The molecule has 0 unspecified atom stereocenters. The molecular weight excluding hydrogens is 595 g/mol. The van der Waals surface area contributed by atoms with Crippen LogP contribution in [0.4, 0.5) is 17.1 Å². The van der Waals surface area contributed by atoms with E-state index in [1.165, 1.54) is 50.1 Å². The number of hydrogen-bond donors (Lipinski definition) is 0. The monoisotopic (exact) mass is 629 g/mol. The molecule has 0 radical (unpaired) electrons. The fourth-order valence-electron chi connectivity index (χ4n) is 8.87. The van der Waals surface area contributed by atoms with Crippen LogP contribution in [-0.4, -0.2) is 0 Å². The van der Waals surface area contributed by atoms with Crippen molar-refractivity contribution in [1.82, 2.24) is 0 Å². The van der Waals surface area contributed by atoms with Crippen molar-refractivity contribution >= 4 is 39.0 Å². The zero-order chi connectivity index (χ0) is 32.9. The predicted molar refractivity (Wildman–Crippen MR) is 203 cm³/mol. The van der Waals surface area contributed by atoms with E-state index >= 15 is 0 Å². The van der Waals surface area contributed by atoms with E-state index in [2.05, 4.69) is 183 Å². The van der Waals surface area contributed by atoms with Gasteiger partial charge >= 0.3 is 0 Å². The fourth-order valence-corrected chi connectivity index (χ4v) is 8.87. The Bertz CT molecular complexity index is 2560. The molecule has 0 amide bonds. The van der Waals surface area contributed by atoms with Gasteiger partial charge in [0.1, 0.15) is 5.58 Å². The molecule has 234 valence electrons. The minimum atomic E-state index is -0.284. The molecule has 49 heavy (non-hydrogen) atoms. The van der Waals surface area contributed by atoms with Gasteiger partial charge in [0.25, 0.3) is 0 Å². The van der Waals surface area contributed by atoms with Crippen molar-refractivity contribution < 1.29 is 4.42 Å². The number of rotatable bonds is 4. The average Bonchev–Trinajstić information content (AvgIpc) is 3.73. The molecule has 8 aromatic rings. The van der Waals surface area contributed by atoms with Gasteiger partial charge in [0.05, 0.1) is 5.69 Å². The molecule has 2 aliphatic rings. The van der Waals surface area contributed by atoms with Gasteiger partial charge in [0, 0.05) is 33.0 Å². The van der Waals surface area contributed by atoms with Crippen LogP contribution in [0.2, 0.25) is 0 Å². The Balaban J connectivity index is 1.16. The van der Waals surface area contributed by atoms with Crippen molar-refractivity contribution in [2.24, 2.45) is 0 Å². The Morgan fingerprint density at radius 1 is 0.449 bits per heavy atom. The molecule has 7 aromatic carbocycles. The number of furan rings is 1. The lowest BCUT2D eigenvalue weighted by atomic mass is 9.74. The van der Waals surface area contributed by atoms with E-state index in [1.807, 2.05) is 0 Å². The van der Waals surface area contributed by atoms with Crippen LogP contribution in [0.3, 0.4) is 0 Å². The van der Waals surface area contributed by atoms with Crippen LogP contribution in [0.1, 0.15) is 48.6 Å². The first-order valence-electron chi connectivity index (χ1n) is 17.2. The molecule has 1 heterocycles. The summed E-state index contributed by atoms with van der Waals surface area (Å²) in [6.45, 7) is 7.04. The lowest BCUT2D eigenvalue weighted by molar-refractivity contribution is 0.660. The molecule has 0 saturated heterocycles. The van der Waals surface area contributed by atoms with Crippen molar-refractivity contribution in [2.75, 3.05) is 4.90 Å². The molecule has 0 fully saturated rings. The molecule has 0 N–H and O–H groups in total. The highest BCUT2D eigenvalue weighted by molar-refractivity contribution is 6.10. The van der Waals surface area contributed by atoms with E-state index in [-0.39, 0.29) is 10.8 Å². The maximum Gasteiger partial charge on any atom is 0.159 e. The quantitative estimate of drug-likeness (QED) is 0.193. The fraction of sp³-hybridized carbons (Fsp3) is 0.106. The number of nitrogens with zero attached hydrogens (tertiary/aromatic N) is 1. The zero-order valence-corrected chi connectivity index (χ0v) is 27.9. The number of anilines is 3. The largest absolute Gasteiger partial charge is 0.454 e. The van der Waals surface area contributed by atoms with Crippen molar-refractivity contribution in [3.8, 4) is 22.3 Å². The normalized spacial score (nSPS) is 14.8. The second kappa shape index (κ2) is 10.1. The van der Waals surface area contributed by atoms with Crippen LogP contribution in [0.25, 0.3) is 44.2 Å². The molecule has 1 aromatic heterocycles. The summed E-state index contributed by atoms with van der Waals surface area (Å²) in [5, 5.41) is 2.24. The van der Waals surface area contributed by atoms with Crippen LogP contribution >= 0.6 is 0 Å². The Kier molecular flexibility index (Phi) is 5.79. The topological polar surface area (TPSA) is 16.4 Å². The zero-order valence-electron chi connectivity index (χ0n) is 27.9. The van der Waals surface area contributed by atoms with Gasteiger partial charge in [-0.05, 0) is 93.4 Å². The number of fused-ring (bicyclic) bond motifs is 9. The van der Waals surface area contributed by atoms with Gasteiger partial charge in [-0.3, -0.25) is 0 Å². The van der Waals surface area contributed by atoms with E-state index in [0.29, 0.717) is 0 Å². The van der Waals surface area contributed by atoms with Gasteiger partial charge in [-0.15, -0.1) is 0 Å². The number of hydrogen-bond acceptors (Lipinski definition) is 2. The summed E-state index contributed by atoms with van der Waals surface area (Å²) in [4.78, 5) is 2.36. The lowest BCUT2D eigenvalue weighted by Gasteiger charge is -2.28. The third-order valence-electron chi connectivity index (χ3n) is 11.4. The lowest BCUT2D eigenvalue weighted by Crippen LogP contribution is -2.22. The molecule has 10 rings (SSSR count). The second-order valence-corrected chi connectivity index (χ2v) is 14.3. The average molecular weight is 630 g/mol. The predicted octanol–water partition coefficient (Wildman–Crippen LogP) is 12.7. The molecule has 2 heteroatoms. The molecule has 0 atom stereocenters. The van der Waals surface area contributed by atoms with Crippen LogP contribution in [0.15, 0.2) is 162 Å². The van der Waals surface area contributed by atoms with Crippen molar-refractivity contribution in [3.63, 3.8) is 0 Å². The summed E-state index contributed by atoms with van der Waals surface area (Å²) >= 11 is 0. The van der Waals surface area contributed by atoms with E-state index in [9.17, 15) is 0 Å². The van der Waals surface area contributed by atoms with Gasteiger partial charge in [-0.1, -0.05) is 135 Å². The van der Waals surface area contributed by atoms with Gasteiger partial charge in [-0.25, -0.2) is 0 Å². The molecule has 2 aliphatic carbocycles. The van der Waals surface area contributed by atoms with E-state index in [1.54, 1.807) is 0 Å². The maximum absolute atomic E-state index is 6.97. The number of benzene rings is 7. The Morgan fingerprint density at radius 3 is 1.78 bits per heavy atom. The summed E-state index contributed by atoms with van der Waals surface area (Å²) in [6, 6.07) is 57.5. The second-order valence-electron chi connectivity index (χ2n) is 14.3. The smallest absolute Gasteiger partial charge is 0.159 e. The van der Waals surface area contributed by atoms with Crippen molar-refractivity contribution in [2.45, 2.75) is 31.6 Å². The summed E-state index contributed by atoms with van der Waals surface area (Å²) in [7, 11) is 0. The SMILES string of the molecule is CC1(C)c2ccccc2-c2ccc(N(c3ccccc3)c3cccc4c3oc3cc(C5(C)c6ccccc6-c6ccccc65)ccc34)cc21. The standard InChI is InChI=1S/C47H35NO/c1-46(2)39-20-10-7-16-33(39)36-27-25-32(29-42(36)46)48(31-14-5-4-6-15-31)43-23-13-19-38-37-26-24-30(28-44(37)49-45(38)43)47(3)40-21-11-8-17-34(40)35-18-9-12-22-41(35)47/h4-29H,1-3H3. The van der Waals surface area contributed by atoms with Crippen LogP contribution < -0.4 is 4.90 Å². The van der Waals surface area contributed by atoms with Gasteiger partial charge < -0.3 is 9.32 Å². The van der Waals surface area contributed by atoms with Gasteiger partial charge in [0.2, 0.25) is 0 Å². The Morgan fingerprint density at radius 2 is 1.06 bits per heavy atom. The summed E-state index contributed by atoms with van der Waals surface area (Å²) in [6.07, 6.45) is 0. The van der Waals surface area contributed by atoms with Crippen LogP contribution in [0, 0.1) is 0 Å². The van der Waals surface area contributed by atoms with Gasteiger partial charge in [0.15, 0.2) is 5.58 Å². The highest BCUT2D eigenvalue weighted by Crippen LogP contribution is 2.54. The molecule has 0 spiro atoms. The first-order valence-corrected chi connectivity index (χ1v) is 17.2. The van der Waals surface area contributed by atoms with Crippen molar-refractivity contribution in [1.29, 1.82) is 0 Å². The van der Waals surface area contributed by atoms with E-state index < -0.39 is 0 Å². The third kappa shape index (κ3) is 3.83. The van der Waals surface area contributed by atoms with Crippen LogP contribution in [-0.2, 0) is 10.8 Å². The Hall–Kier alpha value is -5.86.